The van der Waals surface area contributed by atoms with Crippen molar-refractivity contribution >= 4 is 29.3 Å². The molecule has 0 atom stereocenters. The van der Waals surface area contributed by atoms with Crippen LogP contribution in [0.1, 0.15) is 33.8 Å². The molecule has 0 N–H and O–H groups in total. The Hall–Kier alpha value is -3.71. The van der Waals surface area contributed by atoms with E-state index in [2.05, 4.69) is 10.1 Å². The van der Waals surface area contributed by atoms with E-state index in [-0.39, 0.29) is 12.2 Å². The summed E-state index contributed by atoms with van der Waals surface area (Å²) in [4.78, 5) is 28.9. The maximum atomic E-state index is 12.3. The van der Waals surface area contributed by atoms with Crippen LogP contribution in [0, 0.1) is 20.8 Å². The van der Waals surface area contributed by atoms with Gasteiger partial charge in [-0.15, -0.1) is 0 Å². The Morgan fingerprint density at radius 3 is 2.73 bits per heavy atom. The molecule has 1 aromatic carbocycles. The topological polar surface area (TPSA) is 78.5 Å². The van der Waals surface area contributed by atoms with E-state index in [4.69, 9.17) is 16.3 Å². The van der Waals surface area contributed by atoms with Crippen LogP contribution in [0.3, 0.4) is 0 Å². The summed E-state index contributed by atoms with van der Waals surface area (Å²) in [6.45, 7) is 6.19. The van der Waals surface area contributed by atoms with E-state index in [1.807, 2.05) is 55.8 Å². The predicted octanol–water partition coefficient (Wildman–Crippen LogP) is 4.27. The lowest BCUT2D eigenvalue weighted by Crippen LogP contribution is -2.16. The second kappa shape index (κ2) is 9.42. The smallest absolute Gasteiger partial charge is 0.331 e. The first-order valence-corrected chi connectivity index (χ1v) is 10.8. The Kier molecular flexibility index (Phi) is 6.42. The number of aromatic nitrogens is 4. The molecule has 0 saturated carbocycles. The molecule has 8 heteroatoms. The van der Waals surface area contributed by atoms with Crippen molar-refractivity contribution in [2.75, 3.05) is 0 Å². The molecule has 3 heterocycles. The summed E-state index contributed by atoms with van der Waals surface area (Å²) in [5, 5.41) is 5.25. The second-order valence-electron chi connectivity index (χ2n) is 7.79. The van der Waals surface area contributed by atoms with Gasteiger partial charge in [-0.25, -0.2) is 9.78 Å². The Bertz CT molecular complexity index is 1440. The number of nitrogens with zero attached hydrogens (tertiary/aromatic N) is 4. The molecule has 4 rings (SSSR count). The van der Waals surface area contributed by atoms with Gasteiger partial charge in [0.25, 0.3) is 5.56 Å². The zero-order valence-corrected chi connectivity index (χ0v) is 19.3. The van der Waals surface area contributed by atoms with E-state index in [9.17, 15) is 9.59 Å². The van der Waals surface area contributed by atoms with Crippen LogP contribution < -0.4 is 5.56 Å². The molecular weight excluding hydrogens is 440 g/mol. The molecule has 0 amide bonds. The Labute approximate surface area is 195 Å². The number of esters is 1. The van der Waals surface area contributed by atoms with Crippen LogP contribution >= 0.6 is 11.6 Å². The number of carbonyl (C=O) groups is 1. The van der Waals surface area contributed by atoms with Crippen LogP contribution in [0.15, 0.2) is 59.5 Å². The normalized spacial score (nSPS) is 11.4. The van der Waals surface area contributed by atoms with Gasteiger partial charge in [-0.05, 0) is 56.2 Å². The molecule has 0 radical (unpaired) electrons. The molecular formula is C25H23ClN4O3. The van der Waals surface area contributed by atoms with Gasteiger partial charge in [-0.1, -0.05) is 29.8 Å². The molecule has 7 nitrogen and oxygen atoms in total. The number of fused-ring (bicyclic) bond motifs is 1. The first-order chi connectivity index (χ1) is 15.8. The number of benzene rings is 1. The van der Waals surface area contributed by atoms with Crippen LogP contribution in [0.25, 0.3) is 11.7 Å². The highest BCUT2D eigenvalue weighted by molar-refractivity contribution is 6.31. The standard InChI is InChI=1S/C25H23ClN4O3/c1-16-10-11-29-23(12-16)27-20(13-24(29)31)15-33-25(32)9-8-21-17(2)28-30(18(21)3)14-19-6-4-5-7-22(19)26/h4-13H,14-15H2,1-3H3/b9-8+. The van der Waals surface area contributed by atoms with E-state index in [0.29, 0.717) is 22.9 Å². The predicted molar refractivity (Wildman–Crippen MR) is 127 cm³/mol. The molecule has 3 aromatic heterocycles. The van der Waals surface area contributed by atoms with E-state index in [1.165, 1.54) is 16.5 Å². The van der Waals surface area contributed by atoms with Crippen molar-refractivity contribution in [3.05, 3.63) is 104 Å². The largest absolute Gasteiger partial charge is 0.456 e. The van der Waals surface area contributed by atoms with Gasteiger partial charge in [0.1, 0.15) is 12.3 Å². The molecule has 0 saturated heterocycles. The molecule has 33 heavy (non-hydrogen) atoms. The number of hydrogen-bond acceptors (Lipinski definition) is 5. The third kappa shape index (κ3) is 5.04. The molecule has 168 valence electrons. The number of hydrogen-bond donors (Lipinski definition) is 0. The van der Waals surface area contributed by atoms with Crippen molar-refractivity contribution in [1.82, 2.24) is 19.2 Å². The second-order valence-corrected chi connectivity index (χ2v) is 8.20. The van der Waals surface area contributed by atoms with Crippen molar-refractivity contribution in [1.29, 1.82) is 0 Å². The molecule has 0 fully saturated rings. The maximum Gasteiger partial charge on any atom is 0.331 e. The fraction of sp³-hybridized carbons (Fsp3) is 0.200. The highest BCUT2D eigenvalue weighted by Crippen LogP contribution is 2.20. The van der Waals surface area contributed by atoms with Gasteiger partial charge in [0.15, 0.2) is 0 Å². The zero-order chi connectivity index (χ0) is 23.5. The van der Waals surface area contributed by atoms with Crippen molar-refractivity contribution < 1.29 is 9.53 Å². The quantitative estimate of drug-likeness (QED) is 0.316. The van der Waals surface area contributed by atoms with E-state index >= 15 is 0 Å². The minimum atomic E-state index is -0.529. The van der Waals surface area contributed by atoms with Crippen molar-refractivity contribution in [3.8, 4) is 0 Å². The molecule has 4 aromatic rings. The van der Waals surface area contributed by atoms with Gasteiger partial charge in [0.05, 0.1) is 17.9 Å². The zero-order valence-electron chi connectivity index (χ0n) is 18.6. The average molecular weight is 463 g/mol. The lowest BCUT2D eigenvalue weighted by molar-refractivity contribution is -0.139. The molecule has 0 bridgehead atoms. The number of aryl methyl sites for hydroxylation is 2. The monoisotopic (exact) mass is 462 g/mol. The van der Waals surface area contributed by atoms with Gasteiger partial charge in [-0.2, -0.15) is 5.10 Å². The maximum absolute atomic E-state index is 12.3. The fourth-order valence-electron chi connectivity index (χ4n) is 3.57. The third-order valence-electron chi connectivity index (χ3n) is 5.34. The van der Waals surface area contributed by atoms with Gasteiger partial charge in [0, 0.05) is 34.6 Å². The number of halogens is 1. The van der Waals surface area contributed by atoms with Gasteiger partial charge in [-0.3, -0.25) is 13.9 Å². The van der Waals surface area contributed by atoms with Crippen LogP contribution in [0.4, 0.5) is 0 Å². The van der Waals surface area contributed by atoms with Crippen molar-refractivity contribution in [2.45, 2.75) is 33.9 Å². The minimum Gasteiger partial charge on any atom is -0.456 e. The summed E-state index contributed by atoms with van der Waals surface area (Å²) in [6, 6.07) is 12.6. The summed E-state index contributed by atoms with van der Waals surface area (Å²) in [7, 11) is 0. The number of ether oxygens (including phenoxy) is 1. The summed E-state index contributed by atoms with van der Waals surface area (Å²) >= 11 is 6.27. The fourth-order valence-corrected chi connectivity index (χ4v) is 3.76. The highest BCUT2D eigenvalue weighted by Gasteiger charge is 2.12. The summed E-state index contributed by atoms with van der Waals surface area (Å²) in [6.07, 6.45) is 4.72. The van der Waals surface area contributed by atoms with E-state index < -0.39 is 5.97 Å². The lowest BCUT2D eigenvalue weighted by atomic mass is 10.1. The first kappa shape index (κ1) is 22.5. The van der Waals surface area contributed by atoms with E-state index in [0.717, 1.165) is 28.1 Å². The number of rotatable bonds is 6. The molecule has 0 unspecified atom stereocenters. The third-order valence-corrected chi connectivity index (χ3v) is 5.71. The van der Waals surface area contributed by atoms with Crippen LogP contribution in [-0.2, 0) is 22.7 Å². The van der Waals surface area contributed by atoms with Gasteiger partial charge in [0.2, 0.25) is 0 Å². The van der Waals surface area contributed by atoms with Gasteiger partial charge >= 0.3 is 5.97 Å². The minimum absolute atomic E-state index is 0.0907. The lowest BCUT2D eigenvalue weighted by Gasteiger charge is -2.06. The van der Waals surface area contributed by atoms with Crippen LogP contribution in [-0.4, -0.2) is 25.1 Å². The summed E-state index contributed by atoms with van der Waals surface area (Å²) in [5.74, 6) is -0.529. The SMILES string of the molecule is Cc1ccn2c(=O)cc(COC(=O)/C=C/c3c(C)nn(Cc4ccccc4Cl)c3C)nc2c1. The van der Waals surface area contributed by atoms with Gasteiger partial charge < -0.3 is 4.74 Å². The first-order valence-electron chi connectivity index (χ1n) is 10.4. The summed E-state index contributed by atoms with van der Waals surface area (Å²) in [5.41, 5.74) is 5.19. The van der Waals surface area contributed by atoms with Crippen molar-refractivity contribution in [2.24, 2.45) is 0 Å². The van der Waals surface area contributed by atoms with Crippen LogP contribution in [0.5, 0.6) is 0 Å². The average Bonchev–Trinajstić information content (AvgIpc) is 3.04. The summed E-state index contributed by atoms with van der Waals surface area (Å²) < 4.78 is 8.61. The Morgan fingerprint density at radius 1 is 1.15 bits per heavy atom. The number of carbonyl (C=O) groups excluding carboxylic acids is 1. The molecule has 0 aliphatic heterocycles. The molecule has 0 aliphatic carbocycles. The molecule has 0 spiro atoms. The highest BCUT2D eigenvalue weighted by atomic mass is 35.5. The number of pyridine rings is 1. The van der Waals surface area contributed by atoms with Crippen molar-refractivity contribution in [3.63, 3.8) is 0 Å². The Morgan fingerprint density at radius 2 is 1.94 bits per heavy atom. The van der Waals surface area contributed by atoms with Crippen LogP contribution in [0.2, 0.25) is 5.02 Å². The van der Waals surface area contributed by atoms with E-state index in [1.54, 1.807) is 18.3 Å². The molecule has 0 aliphatic rings. The Balaban J connectivity index is 1.45.